The molecule has 1 heterocycles. The number of carboxylic acids is 1. The molecule has 0 bridgehead atoms. The molecule has 0 radical (unpaired) electrons. The van der Waals surface area contributed by atoms with Crippen molar-refractivity contribution < 1.29 is 29.0 Å². The maximum Gasteiger partial charge on any atom is 0.317 e. The van der Waals surface area contributed by atoms with E-state index < -0.39 is 5.97 Å². The molecule has 4 rings (SSSR count). The number of Topliss-reactive ketones (excluding diaryl/α,β-unsaturated/α-hetero) is 1. The van der Waals surface area contributed by atoms with Gasteiger partial charge in [0.1, 0.15) is 17.6 Å². The highest BCUT2D eigenvalue weighted by molar-refractivity contribution is 6.30. The zero-order chi connectivity index (χ0) is 26.9. The van der Waals surface area contributed by atoms with Crippen LogP contribution in [0.15, 0.2) is 48.5 Å². The highest BCUT2D eigenvalue weighted by atomic mass is 35.5. The fraction of sp³-hybridized carbons (Fsp3) is 0.483. The Balaban J connectivity index is 1.10. The lowest BCUT2D eigenvalue weighted by atomic mass is 9.87. The molecular formula is C29H35ClN2O6. The van der Waals surface area contributed by atoms with Crippen molar-refractivity contribution in [2.75, 3.05) is 19.6 Å². The maximum atomic E-state index is 12.6. The van der Waals surface area contributed by atoms with Crippen molar-refractivity contribution in [1.82, 2.24) is 10.2 Å². The highest BCUT2D eigenvalue weighted by Gasteiger charge is 2.27. The van der Waals surface area contributed by atoms with E-state index in [0.717, 1.165) is 31.4 Å². The number of nitrogens with zero attached hydrogens (tertiary/aromatic N) is 1. The first kappa shape index (κ1) is 27.8. The first-order chi connectivity index (χ1) is 18.4. The molecule has 2 aromatic rings. The normalized spacial score (nSPS) is 20.0. The van der Waals surface area contributed by atoms with Gasteiger partial charge in [0, 0.05) is 49.5 Å². The van der Waals surface area contributed by atoms with Crippen molar-refractivity contribution >= 4 is 29.4 Å². The number of carbonyl (C=O) groups excluding carboxylic acids is 2. The van der Waals surface area contributed by atoms with Gasteiger partial charge in [0.05, 0.1) is 12.0 Å². The Morgan fingerprint density at radius 1 is 0.895 bits per heavy atom. The summed E-state index contributed by atoms with van der Waals surface area (Å²) in [5.41, 5.74) is 0.611. The minimum absolute atomic E-state index is 0.0111. The van der Waals surface area contributed by atoms with E-state index in [9.17, 15) is 14.4 Å². The molecule has 1 aliphatic heterocycles. The molecule has 2 amide bonds. The van der Waals surface area contributed by atoms with Gasteiger partial charge in [-0.1, -0.05) is 17.7 Å². The first-order valence-corrected chi connectivity index (χ1v) is 13.7. The molecule has 0 aromatic heterocycles. The summed E-state index contributed by atoms with van der Waals surface area (Å²) in [4.78, 5) is 37.9. The van der Waals surface area contributed by atoms with Crippen LogP contribution in [0.1, 0.15) is 61.7 Å². The fourth-order valence-corrected chi connectivity index (χ4v) is 5.13. The number of carbonyl (C=O) groups is 3. The van der Waals surface area contributed by atoms with Gasteiger partial charge in [-0.3, -0.25) is 9.59 Å². The smallest absolute Gasteiger partial charge is 0.317 e. The van der Waals surface area contributed by atoms with Crippen molar-refractivity contribution in [3.8, 4) is 11.5 Å². The Bertz CT molecular complexity index is 1090. The molecule has 9 heteroatoms. The van der Waals surface area contributed by atoms with Crippen molar-refractivity contribution in [3.63, 3.8) is 0 Å². The molecule has 1 aliphatic carbocycles. The third kappa shape index (κ3) is 8.12. The third-order valence-corrected chi connectivity index (χ3v) is 7.42. The predicted octanol–water partition coefficient (Wildman–Crippen LogP) is 5.58. The van der Waals surface area contributed by atoms with E-state index in [1.165, 1.54) is 0 Å². The number of piperidine rings is 1. The second-order valence-electron chi connectivity index (χ2n) is 9.97. The molecule has 38 heavy (non-hydrogen) atoms. The molecule has 1 saturated carbocycles. The second-order valence-corrected chi connectivity index (χ2v) is 10.4. The Labute approximate surface area is 228 Å². The Morgan fingerprint density at radius 2 is 1.55 bits per heavy atom. The first-order valence-electron chi connectivity index (χ1n) is 13.3. The minimum Gasteiger partial charge on any atom is -0.490 e. The molecule has 8 nitrogen and oxygen atoms in total. The van der Waals surface area contributed by atoms with E-state index in [-0.39, 0.29) is 29.9 Å². The van der Waals surface area contributed by atoms with Gasteiger partial charge in [-0.2, -0.15) is 0 Å². The third-order valence-electron chi connectivity index (χ3n) is 7.19. The number of hydrogen-bond acceptors (Lipinski definition) is 5. The average Bonchev–Trinajstić information content (AvgIpc) is 2.92. The topological polar surface area (TPSA) is 105 Å². The van der Waals surface area contributed by atoms with E-state index in [1.807, 2.05) is 12.1 Å². The molecule has 2 aliphatic rings. The number of ether oxygens (including phenoxy) is 2. The number of rotatable bonds is 10. The van der Waals surface area contributed by atoms with Crippen LogP contribution in [0.4, 0.5) is 4.79 Å². The number of aliphatic carboxylic acids is 1. The summed E-state index contributed by atoms with van der Waals surface area (Å²) >= 11 is 6.01. The molecule has 204 valence electrons. The highest BCUT2D eigenvalue weighted by Crippen LogP contribution is 2.28. The summed E-state index contributed by atoms with van der Waals surface area (Å²) in [6, 6.07) is 14.3. The van der Waals surface area contributed by atoms with Gasteiger partial charge in [-0.25, -0.2) is 4.79 Å². The quantitative estimate of drug-likeness (QED) is 0.300. The van der Waals surface area contributed by atoms with E-state index in [4.69, 9.17) is 26.2 Å². The number of benzene rings is 2. The standard InChI is InChI=1S/C29H35ClN2O6/c30-22-3-1-4-26(19-22)38-25-14-17-32(18-15-25)29(36)31-16-2-5-27(33)20-6-10-23(11-7-20)37-24-12-8-21(9-13-24)28(34)35/h1,3-4,6-7,10-11,19,21,24-25H,2,5,8-9,12-18H2,(H,31,36)(H,34,35). The van der Waals surface area contributed by atoms with Gasteiger partial charge >= 0.3 is 12.0 Å². The Morgan fingerprint density at radius 3 is 2.21 bits per heavy atom. The summed E-state index contributed by atoms with van der Waals surface area (Å²) in [6.45, 7) is 1.67. The molecule has 2 N–H and O–H groups in total. The minimum atomic E-state index is -0.730. The summed E-state index contributed by atoms with van der Waals surface area (Å²) < 4.78 is 12.0. The summed E-state index contributed by atoms with van der Waals surface area (Å²) in [5.74, 6) is 0.451. The zero-order valence-electron chi connectivity index (χ0n) is 21.4. The Kier molecular flexibility index (Phi) is 9.87. The fourth-order valence-electron chi connectivity index (χ4n) is 4.95. The van der Waals surface area contributed by atoms with Crippen LogP contribution in [-0.2, 0) is 4.79 Å². The number of halogens is 1. The number of ketones is 1. The molecular weight excluding hydrogens is 508 g/mol. The van der Waals surface area contributed by atoms with Gasteiger partial charge in [-0.15, -0.1) is 0 Å². The van der Waals surface area contributed by atoms with Crippen LogP contribution in [0.5, 0.6) is 11.5 Å². The molecule has 0 unspecified atom stereocenters. The van der Waals surface area contributed by atoms with Crippen molar-refractivity contribution in [1.29, 1.82) is 0 Å². The SMILES string of the molecule is O=C(CCCNC(=O)N1CCC(Oc2cccc(Cl)c2)CC1)c1ccc(OC2CCC(C(=O)O)CC2)cc1. The monoisotopic (exact) mass is 542 g/mol. The van der Waals surface area contributed by atoms with E-state index >= 15 is 0 Å². The van der Waals surface area contributed by atoms with Crippen LogP contribution in [0, 0.1) is 5.92 Å². The maximum absolute atomic E-state index is 12.6. The summed E-state index contributed by atoms with van der Waals surface area (Å²) in [5, 5.41) is 12.7. The number of hydrogen-bond donors (Lipinski definition) is 2. The van der Waals surface area contributed by atoms with Gasteiger partial charge < -0.3 is 24.8 Å². The largest absolute Gasteiger partial charge is 0.490 e. The van der Waals surface area contributed by atoms with E-state index in [0.29, 0.717) is 61.7 Å². The molecule has 1 saturated heterocycles. The van der Waals surface area contributed by atoms with Gasteiger partial charge in [0.15, 0.2) is 5.78 Å². The molecule has 0 spiro atoms. The van der Waals surface area contributed by atoms with E-state index in [1.54, 1.807) is 41.3 Å². The predicted molar refractivity (Wildman–Crippen MR) is 144 cm³/mol. The van der Waals surface area contributed by atoms with Crippen LogP contribution in [0.25, 0.3) is 0 Å². The van der Waals surface area contributed by atoms with Gasteiger partial charge in [-0.05, 0) is 74.6 Å². The lowest BCUT2D eigenvalue weighted by Crippen LogP contribution is -2.46. The van der Waals surface area contributed by atoms with Crippen molar-refractivity contribution in [2.24, 2.45) is 5.92 Å². The average molecular weight is 543 g/mol. The molecule has 2 aromatic carbocycles. The van der Waals surface area contributed by atoms with Crippen molar-refractivity contribution in [3.05, 3.63) is 59.1 Å². The van der Waals surface area contributed by atoms with Crippen LogP contribution < -0.4 is 14.8 Å². The summed E-state index contributed by atoms with van der Waals surface area (Å²) in [7, 11) is 0. The molecule has 0 atom stereocenters. The molecule has 2 fully saturated rings. The van der Waals surface area contributed by atoms with Crippen LogP contribution in [0.2, 0.25) is 5.02 Å². The van der Waals surface area contributed by atoms with Crippen LogP contribution >= 0.6 is 11.6 Å². The second kappa shape index (κ2) is 13.5. The number of carboxylic acid groups (broad SMARTS) is 1. The number of nitrogens with one attached hydrogen (secondary N) is 1. The number of urea groups is 1. The summed E-state index contributed by atoms with van der Waals surface area (Å²) in [6.07, 6.45) is 5.17. The Hall–Kier alpha value is -3.26. The lowest BCUT2D eigenvalue weighted by Gasteiger charge is -2.32. The number of amides is 2. The van der Waals surface area contributed by atoms with E-state index in [2.05, 4.69) is 5.32 Å². The van der Waals surface area contributed by atoms with Crippen molar-refractivity contribution in [2.45, 2.75) is 63.6 Å². The van der Waals surface area contributed by atoms with Crippen LogP contribution in [0.3, 0.4) is 0 Å². The van der Waals surface area contributed by atoms with Gasteiger partial charge in [0.2, 0.25) is 0 Å². The number of likely N-dealkylation sites (tertiary alicyclic amines) is 1. The lowest BCUT2D eigenvalue weighted by molar-refractivity contribution is -0.143. The van der Waals surface area contributed by atoms with Crippen LogP contribution in [-0.4, -0.2) is 59.6 Å². The zero-order valence-corrected chi connectivity index (χ0v) is 22.2. The van der Waals surface area contributed by atoms with Gasteiger partial charge in [0.25, 0.3) is 0 Å².